The van der Waals surface area contributed by atoms with Crippen molar-refractivity contribution in [1.29, 1.82) is 0 Å². The van der Waals surface area contributed by atoms with E-state index in [1.165, 1.54) is 5.56 Å². The molecule has 0 aliphatic heterocycles. The Hall–Kier alpha value is -2.64. The van der Waals surface area contributed by atoms with Gasteiger partial charge in [-0.15, -0.1) is 0 Å². The molecule has 0 radical (unpaired) electrons. The zero-order valence-corrected chi connectivity index (χ0v) is 17.5. The lowest BCUT2D eigenvalue weighted by molar-refractivity contribution is 0.405. The van der Waals surface area contributed by atoms with Crippen LogP contribution in [0.1, 0.15) is 5.56 Å². The van der Waals surface area contributed by atoms with Gasteiger partial charge < -0.3 is 29.8 Å². The fraction of sp³-hybridized carbons (Fsp3) is 0.250. The molecule has 0 atom stereocenters. The maximum Gasteiger partial charge on any atom is 0.170 e. The molecule has 0 saturated heterocycles. The summed E-state index contributed by atoms with van der Waals surface area (Å²) in [7, 11) is 4.80. The number of halogens is 1. The number of benzene rings is 2. The van der Waals surface area contributed by atoms with Crippen molar-refractivity contribution in [3.8, 4) is 17.2 Å². The van der Waals surface area contributed by atoms with E-state index in [1.54, 1.807) is 33.5 Å². The lowest BCUT2D eigenvalue weighted by Crippen LogP contribution is -2.30. The Balaban J connectivity index is 1.62. The minimum atomic E-state index is 0.471. The van der Waals surface area contributed by atoms with Gasteiger partial charge >= 0.3 is 0 Å². The van der Waals surface area contributed by atoms with Crippen LogP contribution in [0, 0.1) is 0 Å². The van der Waals surface area contributed by atoms with E-state index in [0.717, 1.165) is 23.1 Å². The first-order valence-electron chi connectivity index (χ1n) is 8.66. The van der Waals surface area contributed by atoms with Crippen LogP contribution < -0.4 is 24.8 Å². The second-order valence-electron chi connectivity index (χ2n) is 6.04. The predicted octanol–water partition coefficient (Wildman–Crippen LogP) is 4.38. The fourth-order valence-corrected chi connectivity index (χ4v) is 3.37. The zero-order chi connectivity index (χ0) is 20.1. The van der Waals surface area contributed by atoms with Crippen molar-refractivity contribution in [2.24, 2.45) is 0 Å². The van der Waals surface area contributed by atoms with Crippen LogP contribution in [0.4, 0.5) is 5.69 Å². The molecule has 6 nitrogen and oxygen atoms in total. The number of rotatable bonds is 7. The van der Waals surface area contributed by atoms with Gasteiger partial charge in [-0.1, -0.05) is 11.6 Å². The molecule has 2 aromatic carbocycles. The van der Waals surface area contributed by atoms with E-state index in [0.29, 0.717) is 33.9 Å². The molecule has 0 spiro atoms. The van der Waals surface area contributed by atoms with E-state index in [4.69, 9.17) is 38.0 Å². The monoisotopic (exact) mass is 419 g/mol. The molecule has 3 N–H and O–H groups in total. The molecular formula is C20H22ClN3O3S. The van der Waals surface area contributed by atoms with E-state index in [9.17, 15) is 0 Å². The highest BCUT2D eigenvalue weighted by Gasteiger charge is 2.11. The van der Waals surface area contributed by atoms with Crippen LogP contribution in [0.2, 0.25) is 5.02 Å². The minimum Gasteiger partial charge on any atom is -0.497 e. The smallest absolute Gasteiger partial charge is 0.170 e. The number of ether oxygens (including phenoxy) is 3. The van der Waals surface area contributed by atoms with Crippen molar-refractivity contribution >= 4 is 45.5 Å². The van der Waals surface area contributed by atoms with E-state index < -0.39 is 0 Å². The van der Waals surface area contributed by atoms with Crippen LogP contribution in [-0.4, -0.2) is 38.0 Å². The highest BCUT2D eigenvalue weighted by atomic mass is 35.5. The van der Waals surface area contributed by atoms with Gasteiger partial charge in [0, 0.05) is 35.8 Å². The third-order valence-electron chi connectivity index (χ3n) is 4.38. The van der Waals surface area contributed by atoms with E-state index in [2.05, 4.69) is 15.6 Å². The molecular weight excluding hydrogens is 398 g/mol. The summed E-state index contributed by atoms with van der Waals surface area (Å²) in [6, 6.07) is 9.42. The molecule has 8 heteroatoms. The Morgan fingerprint density at radius 3 is 2.57 bits per heavy atom. The number of nitrogens with one attached hydrogen (secondary N) is 3. The van der Waals surface area contributed by atoms with Gasteiger partial charge in [0.25, 0.3) is 0 Å². The van der Waals surface area contributed by atoms with Crippen LogP contribution in [0.15, 0.2) is 36.5 Å². The summed E-state index contributed by atoms with van der Waals surface area (Å²) in [5, 5.41) is 8.44. The SMILES string of the molecule is COc1ccc2[nH]cc(CCNC(=S)Nc3cc(OC)c(Cl)cc3OC)c2c1. The Bertz CT molecular complexity index is 990. The number of hydrogen-bond donors (Lipinski definition) is 3. The van der Waals surface area contributed by atoms with Crippen molar-refractivity contribution in [3.63, 3.8) is 0 Å². The van der Waals surface area contributed by atoms with Gasteiger partial charge in [0.2, 0.25) is 0 Å². The number of hydrogen-bond acceptors (Lipinski definition) is 4. The van der Waals surface area contributed by atoms with E-state index >= 15 is 0 Å². The highest BCUT2D eigenvalue weighted by Crippen LogP contribution is 2.35. The number of thiocarbonyl (C=S) groups is 1. The minimum absolute atomic E-state index is 0.471. The lowest BCUT2D eigenvalue weighted by Gasteiger charge is -2.15. The lowest BCUT2D eigenvalue weighted by atomic mass is 10.1. The number of fused-ring (bicyclic) bond motifs is 1. The molecule has 0 aliphatic rings. The largest absolute Gasteiger partial charge is 0.497 e. The number of H-pyrrole nitrogens is 1. The molecule has 0 aliphatic carbocycles. The van der Waals surface area contributed by atoms with Gasteiger partial charge in [-0.25, -0.2) is 0 Å². The summed E-state index contributed by atoms with van der Waals surface area (Å²) in [5.74, 6) is 1.96. The molecule has 0 bridgehead atoms. The van der Waals surface area contributed by atoms with Crippen LogP contribution in [-0.2, 0) is 6.42 Å². The maximum atomic E-state index is 6.13. The molecule has 148 valence electrons. The standard InChI is InChI=1S/C20H22ClN3O3S/c1-25-13-4-5-16-14(8-13)12(11-23-16)6-7-22-20(28)24-17-10-18(26-2)15(21)9-19(17)27-3/h4-5,8-11,23H,6-7H2,1-3H3,(H2,22,24,28). The molecule has 0 fully saturated rings. The second-order valence-corrected chi connectivity index (χ2v) is 6.86. The van der Waals surface area contributed by atoms with Gasteiger partial charge in [0.05, 0.1) is 32.0 Å². The number of aromatic nitrogens is 1. The Labute approximate surface area is 174 Å². The van der Waals surface area contributed by atoms with Crippen molar-refractivity contribution in [3.05, 3.63) is 47.1 Å². The highest BCUT2D eigenvalue weighted by molar-refractivity contribution is 7.80. The number of anilines is 1. The molecule has 0 saturated carbocycles. The van der Waals surface area contributed by atoms with Crippen molar-refractivity contribution in [2.75, 3.05) is 33.2 Å². The summed E-state index contributed by atoms with van der Waals surface area (Å²) in [6.07, 6.45) is 2.81. The molecule has 28 heavy (non-hydrogen) atoms. The number of methoxy groups -OCH3 is 3. The summed E-state index contributed by atoms with van der Waals surface area (Å²) in [6.45, 7) is 0.670. The van der Waals surface area contributed by atoms with Crippen molar-refractivity contribution < 1.29 is 14.2 Å². The molecule has 3 aromatic rings. The first-order chi connectivity index (χ1) is 13.5. The van der Waals surface area contributed by atoms with Crippen molar-refractivity contribution in [1.82, 2.24) is 10.3 Å². The van der Waals surface area contributed by atoms with Gasteiger partial charge in [-0.3, -0.25) is 0 Å². The average molecular weight is 420 g/mol. The summed E-state index contributed by atoms with van der Waals surface area (Å²) >= 11 is 11.5. The van der Waals surface area contributed by atoms with Gasteiger partial charge in [-0.2, -0.15) is 0 Å². The van der Waals surface area contributed by atoms with Gasteiger partial charge in [0.15, 0.2) is 5.11 Å². The zero-order valence-electron chi connectivity index (χ0n) is 15.9. The molecule has 0 unspecified atom stereocenters. The Morgan fingerprint density at radius 2 is 1.86 bits per heavy atom. The Morgan fingerprint density at radius 1 is 1.07 bits per heavy atom. The first kappa shape index (κ1) is 20.1. The predicted molar refractivity (Wildman–Crippen MR) is 117 cm³/mol. The molecule has 1 heterocycles. The molecule has 3 rings (SSSR count). The summed E-state index contributed by atoms with van der Waals surface area (Å²) in [5.41, 5.74) is 2.95. The van der Waals surface area contributed by atoms with Crippen LogP contribution in [0.3, 0.4) is 0 Å². The van der Waals surface area contributed by atoms with Gasteiger partial charge in [-0.05, 0) is 42.4 Å². The fourth-order valence-electron chi connectivity index (χ4n) is 2.93. The summed E-state index contributed by atoms with van der Waals surface area (Å²) in [4.78, 5) is 3.28. The van der Waals surface area contributed by atoms with E-state index in [-0.39, 0.29) is 0 Å². The molecule has 1 aromatic heterocycles. The topological polar surface area (TPSA) is 67.5 Å². The Kier molecular flexibility index (Phi) is 6.49. The van der Waals surface area contributed by atoms with Crippen LogP contribution >= 0.6 is 23.8 Å². The van der Waals surface area contributed by atoms with E-state index in [1.807, 2.05) is 24.4 Å². The average Bonchev–Trinajstić information content (AvgIpc) is 3.11. The third kappa shape index (κ3) is 4.43. The summed E-state index contributed by atoms with van der Waals surface area (Å²) < 4.78 is 15.9. The maximum absolute atomic E-state index is 6.13. The normalized spacial score (nSPS) is 10.6. The first-order valence-corrected chi connectivity index (χ1v) is 9.44. The van der Waals surface area contributed by atoms with Crippen LogP contribution in [0.25, 0.3) is 10.9 Å². The van der Waals surface area contributed by atoms with Crippen LogP contribution in [0.5, 0.6) is 17.2 Å². The number of aromatic amines is 1. The molecule has 0 amide bonds. The second kappa shape index (κ2) is 9.03. The quantitative estimate of drug-likeness (QED) is 0.494. The van der Waals surface area contributed by atoms with Gasteiger partial charge in [0.1, 0.15) is 17.2 Å². The van der Waals surface area contributed by atoms with Crippen molar-refractivity contribution in [2.45, 2.75) is 6.42 Å². The third-order valence-corrected chi connectivity index (χ3v) is 4.92.